The summed E-state index contributed by atoms with van der Waals surface area (Å²) in [5.74, 6) is 3.78. The maximum atomic E-state index is 10.0. The summed E-state index contributed by atoms with van der Waals surface area (Å²) in [5.41, 5.74) is 0. The van der Waals surface area contributed by atoms with Gasteiger partial charge in [-0.05, 0) is 30.8 Å². The normalized spacial score (nSPS) is 18.9. The van der Waals surface area contributed by atoms with Crippen molar-refractivity contribution in [3.63, 3.8) is 0 Å². The van der Waals surface area contributed by atoms with Crippen molar-refractivity contribution in [2.24, 2.45) is 11.8 Å². The third kappa shape index (κ3) is 7.01. The first-order chi connectivity index (χ1) is 8.84. The van der Waals surface area contributed by atoms with E-state index in [0.717, 1.165) is 24.7 Å². The van der Waals surface area contributed by atoms with Gasteiger partial charge in [-0.25, -0.2) is 4.79 Å². The molecular formula is C17H30O. The van der Waals surface area contributed by atoms with E-state index in [0.29, 0.717) is 0 Å². The standard InChI is InChI=1S/C17H30O/c1-16(17-13-9-5-6-10-14-17)12-8-4-2-3-7-11-15-18/h11,16-17H,2-10,12-14H2,1H3. The van der Waals surface area contributed by atoms with E-state index >= 15 is 0 Å². The molecule has 0 aromatic heterocycles. The lowest BCUT2D eigenvalue weighted by molar-refractivity contribution is 0.295. The molecule has 18 heavy (non-hydrogen) atoms. The maximum Gasteiger partial charge on any atom is 0.120 e. The van der Waals surface area contributed by atoms with E-state index in [1.54, 1.807) is 6.08 Å². The van der Waals surface area contributed by atoms with Gasteiger partial charge in [-0.3, -0.25) is 0 Å². The quantitative estimate of drug-likeness (QED) is 0.323. The molecule has 0 saturated heterocycles. The zero-order valence-electron chi connectivity index (χ0n) is 12.1. The molecule has 1 heteroatoms. The number of hydrogen-bond acceptors (Lipinski definition) is 1. The lowest BCUT2D eigenvalue weighted by Crippen LogP contribution is -2.10. The number of carbonyl (C=O) groups excluding carboxylic acids is 1. The first-order valence-electron chi connectivity index (χ1n) is 8.04. The molecular weight excluding hydrogens is 220 g/mol. The minimum absolute atomic E-state index is 0.918. The topological polar surface area (TPSA) is 17.1 Å². The smallest absolute Gasteiger partial charge is 0.120 e. The first kappa shape index (κ1) is 15.5. The highest BCUT2D eigenvalue weighted by atomic mass is 16.1. The van der Waals surface area contributed by atoms with Crippen molar-refractivity contribution in [2.45, 2.75) is 84.0 Å². The van der Waals surface area contributed by atoms with Gasteiger partial charge >= 0.3 is 0 Å². The molecule has 1 aliphatic carbocycles. The van der Waals surface area contributed by atoms with E-state index in [4.69, 9.17) is 0 Å². The highest BCUT2D eigenvalue weighted by Gasteiger charge is 2.18. The van der Waals surface area contributed by atoms with Crippen LogP contribution >= 0.6 is 0 Å². The monoisotopic (exact) mass is 250 g/mol. The van der Waals surface area contributed by atoms with Crippen LogP contribution in [0.3, 0.4) is 0 Å². The average molecular weight is 250 g/mol. The van der Waals surface area contributed by atoms with Crippen LogP contribution in [-0.2, 0) is 4.79 Å². The second-order valence-electron chi connectivity index (χ2n) is 6.04. The third-order valence-electron chi connectivity index (χ3n) is 4.55. The second-order valence-corrected chi connectivity index (χ2v) is 6.04. The molecule has 104 valence electrons. The first-order valence-corrected chi connectivity index (χ1v) is 8.04. The van der Waals surface area contributed by atoms with Crippen molar-refractivity contribution < 1.29 is 4.79 Å². The Bertz CT molecular complexity index is 232. The summed E-state index contributed by atoms with van der Waals surface area (Å²) < 4.78 is 0. The molecule has 0 aliphatic heterocycles. The predicted octanol–water partition coefficient (Wildman–Crippen LogP) is 5.32. The average Bonchev–Trinajstić information content (AvgIpc) is 2.66. The van der Waals surface area contributed by atoms with Gasteiger partial charge in [0.2, 0.25) is 0 Å². The van der Waals surface area contributed by atoms with Gasteiger partial charge in [-0.15, -0.1) is 0 Å². The van der Waals surface area contributed by atoms with Gasteiger partial charge in [-0.1, -0.05) is 71.1 Å². The molecule has 1 aliphatic rings. The second kappa shape index (κ2) is 10.4. The van der Waals surface area contributed by atoms with Gasteiger partial charge in [0.25, 0.3) is 0 Å². The van der Waals surface area contributed by atoms with Crippen molar-refractivity contribution in [3.05, 3.63) is 6.08 Å². The summed E-state index contributed by atoms with van der Waals surface area (Å²) in [6.45, 7) is 2.46. The fraction of sp³-hybridized carbons (Fsp3) is 0.882. The van der Waals surface area contributed by atoms with Crippen LogP contribution in [0, 0.1) is 11.8 Å². The molecule has 0 aromatic carbocycles. The zero-order chi connectivity index (χ0) is 13.1. The van der Waals surface area contributed by atoms with E-state index in [2.05, 4.69) is 6.92 Å². The maximum absolute atomic E-state index is 10.0. The molecule has 1 fully saturated rings. The summed E-state index contributed by atoms with van der Waals surface area (Å²) in [7, 11) is 0. The molecule has 1 saturated carbocycles. The molecule has 1 atom stereocenters. The molecule has 0 amide bonds. The molecule has 0 bridgehead atoms. The Kier molecular flexibility index (Phi) is 8.94. The van der Waals surface area contributed by atoms with E-state index < -0.39 is 0 Å². The van der Waals surface area contributed by atoms with Crippen LogP contribution in [-0.4, -0.2) is 5.94 Å². The van der Waals surface area contributed by atoms with Crippen LogP contribution < -0.4 is 0 Å². The van der Waals surface area contributed by atoms with Crippen LogP contribution in [0.4, 0.5) is 0 Å². The van der Waals surface area contributed by atoms with Gasteiger partial charge in [0, 0.05) is 0 Å². The molecule has 0 radical (unpaired) electrons. The molecule has 0 aromatic rings. The van der Waals surface area contributed by atoms with Crippen LogP contribution in [0.15, 0.2) is 6.08 Å². The van der Waals surface area contributed by atoms with Crippen LogP contribution in [0.1, 0.15) is 84.0 Å². The molecule has 1 nitrogen and oxygen atoms in total. The fourth-order valence-corrected chi connectivity index (χ4v) is 3.24. The van der Waals surface area contributed by atoms with Crippen LogP contribution in [0.25, 0.3) is 0 Å². The number of allylic oxidation sites excluding steroid dienone is 1. The van der Waals surface area contributed by atoms with E-state index in [1.807, 2.05) is 5.94 Å². The molecule has 1 rings (SSSR count). The molecule has 0 spiro atoms. The summed E-state index contributed by atoms with van der Waals surface area (Å²) in [6, 6.07) is 0. The minimum Gasteiger partial charge on any atom is -0.234 e. The van der Waals surface area contributed by atoms with Gasteiger partial charge in [0.15, 0.2) is 0 Å². The highest BCUT2D eigenvalue weighted by Crippen LogP contribution is 2.31. The Morgan fingerprint density at radius 3 is 2.39 bits per heavy atom. The fourth-order valence-electron chi connectivity index (χ4n) is 3.24. The van der Waals surface area contributed by atoms with Crippen LogP contribution in [0.5, 0.6) is 0 Å². The van der Waals surface area contributed by atoms with Gasteiger partial charge in [0.1, 0.15) is 5.94 Å². The summed E-state index contributed by atoms with van der Waals surface area (Å²) >= 11 is 0. The number of unbranched alkanes of at least 4 members (excludes halogenated alkanes) is 4. The third-order valence-corrected chi connectivity index (χ3v) is 4.55. The highest BCUT2D eigenvalue weighted by molar-refractivity contribution is 5.44. The van der Waals surface area contributed by atoms with E-state index in [-0.39, 0.29) is 0 Å². The summed E-state index contributed by atoms with van der Waals surface area (Å²) in [6.07, 6.45) is 17.9. The Hall–Kier alpha value is -0.550. The predicted molar refractivity (Wildman–Crippen MR) is 78.3 cm³/mol. The van der Waals surface area contributed by atoms with E-state index in [1.165, 1.54) is 64.2 Å². The zero-order valence-corrected chi connectivity index (χ0v) is 12.1. The van der Waals surface area contributed by atoms with Crippen molar-refractivity contribution in [2.75, 3.05) is 0 Å². The van der Waals surface area contributed by atoms with Crippen molar-refractivity contribution >= 4 is 5.94 Å². The lowest BCUT2D eigenvalue weighted by Gasteiger charge is -2.22. The Labute approximate surface area is 113 Å². The van der Waals surface area contributed by atoms with Crippen molar-refractivity contribution in [1.82, 2.24) is 0 Å². The van der Waals surface area contributed by atoms with Crippen molar-refractivity contribution in [1.29, 1.82) is 0 Å². The Morgan fingerprint density at radius 2 is 1.72 bits per heavy atom. The number of rotatable bonds is 8. The van der Waals surface area contributed by atoms with Crippen LogP contribution in [0.2, 0.25) is 0 Å². The van der Waals surface area contributed by atoms with Gasteiger partial charge < -0.3 is 0 Å². The molecule has 0 N–H and O–H groups in total. The Balaban J connectivity index is 2.01. The van der Waals surface area contributed by atoms with E-state index in [9.17, 15) is 4.79 Å². The lowest BCUT2D eigenvalue weighted by atomic mass is 9.84. The number of hydrogen-bond donors (Lipinski definition) is 0. The largest absolute Gasteiger partial charge is 0.234 e. The SMILES string of the molecule is CC(CCCCCCC=C=O)C1CCCCCC1. The molecule has 1 unspecified atom stereocenters. The summed E-state index contributed by atoms with van der Waals surface area (Å²) in [5, 5.41) is 0. The minimum atomic E-state index is 0.918. The Morgan fingerprint density at radius 1 is 1.06 bits per heavy atom. The molecule has 0 heterocycles. The summed E-state index contributed by atoms with van der Waals surface area (Å²) in [4.78, 5) is 10.0. The van der Waals surface area contributed by atoms with Gasteiger partial charge in [0.05, 0.1) is 0 Å². The van der Waals surface area contributed by atoms with Crippen molar-refractivity contribution in [3.8, 4) is 0 Å². The van der Waals surface area contributed by atoms with Gasteiger partial charge in [-0.2, -0.15) is 0 Å².